The number of benzene rings is 1. The van der Waals surface area contributed by atoms with Crippen LogP contribution in [0.25, 0.3) is 0 Å². The average molecular weight is 330 g/mol. The predicted molar refractivity (Wildman–Crippen MR) is 77.3 cm³/mol. The molecule has 0 saturated carbocycles. The maximum atomic E-state index is 13.7. The van der Waals surface area contributed by atoms with E-state index in [4.69, 9.17) is 0 Å². The van der Waals surface area contributed by atoms with E-state index in [1.807, 2.05) is 0 Å². The minimum Gasteiger partial charge on any atom is -0.299 e. The van der Waals surface area contributed by atoms with Gasteiger partial charge in [0, 0.05) is 39.2 Å². The molecule has 2 atom stereocenters. The molecule has 120 valence electrons. The molecule has 2 fully saturated rings. The van der Waals surface area contributed by atoms with Gasteiger partial charge in [-0.1, -0.05) is 6.42 Å². The molecule has 2 heterocycles. The number of rotatable bonds is 3. The van der Waals surface area contributed by atoms with E-state index in [-0.39, 0.29) is 22.2 Å². The highest BCUT2D eigenvalue weighted by Gasteiger charge is 2.40. The third kappa shape index (κ3) is 2.85. The SMILES string of the molecule is O=C(Cc1c(F)ccc(F)c1F)C1CC2CCCC(C1)S2=O. The summed E-state index contributed by atoms with van der Waals surface area (Å²) in [4.78, 5) is 12.4. The van der Waals surface area contributed by atoms with E-state index in [0.29, 0.717) is 18.9 Å². The molecule has 3 rings (SSSR count). The van der Waals surface area contributed by atoms with Crippen molar-refractivity contribution in [3.05, 3.63) is 35.1 Å². The molecular formula is C16H17F3O2S. The van der Waals surface area contributed by atoms with Crippen LogP contribution >= 0.6 is 0 Å². The first-order valence-corrected chi connectivity index (χ1v) is 8.79. The Morgan fingerprint density at radius 3 is 2.32 bits per heavy atom. The molecule has 2 aliphatic heterocycles. The van der Waals surface area contributed by atoms with Crippen molar-refractivity contribution < 1.29 is 22.2 Å². The summed E-state index contributed by atoms with van der Waals surface area (Å²) >= 11 is 0. The lowest BCUT2D eigenvalue weighted by atomic mass is 9.84. The van der Waals surface area contributed by atoms with Crippen LogP contribution in [-0.2, 0) is 22.0 Å². The van der Waals surface area contributed by atoms with E-state index in [2.05, 4.69) is 0 Å². The van der Waals surface area contributed by atoms with E-state index in [0.717, 1.165) is 25.3 Å². The van der Waals surface area contributed by atoms with Gasteiger partial charge in [-0.15, -0.1) is 0 Å². The summed E-state index contributed by atoms with van der Waals surface area (Å²) in [7, 11) is -0.892. The molecular weight excluding hydrogens is 313 g/mol. The van der Waals surface area contributed by atoms with E-state index in [1.165, 1.54) is 0 Å². The zero-order chi connectivity index (χ0) is 15.9. The van der Waals surface area contributed by atoms with Crippen LogP contribution in [0, 0.1) is 23.4 Å². The first-order chi connectivity index (χ1) is 10.5. The zero-order valence-corrected chi connectivity index (χ0v) is 12.8. The van der Waals surface area contributed by atoms with Crippen molar-refractivity contribution in [2.24, 2.45) is 5.92 Å². The molecule has 2 aliphatic rings. The molecule has 2 bridgehead atoms. The largest absolute Gasteiger partial charge is 0.299 e. The lowest BCUT2D eigenvalue weighted by Crippen LogP contribution is -2.41. The Labute approximate surface area is 129 Å². The van der Waals surface area contributed by atoms with Gasteiger partial charge in [0.2, 0.25) is 0 Å². The molecule has 2 unspecified atom stereocenters. The average Bonchev–Trinajstić information content (AvgIpc) is 2.47. The Kier molecular flexibility index (Phi) is 4.39. The number of carbonyl (C=O) groups excluding carboxylic acids is 1. The summed E-state index contributed by atoms with van der Waals surface area (Å²) < 4.78 is 52.6. The van der Waals surface area contributed by atoms with Crippen molar-refractivity contribution in [1.82, 2.24) is 0 Å². The number of halogens is 3. The standard InChI is InChI=1S/C16H17F3O2S/c17-13-4-5-14(18)16(19)12(13)8-15(20)9-6-10-2-1-3-11(7-9)22(10)21/h4-5,9-11H,1-3,6-8H2. The molecule has 0 N–H and O–H groups in total. The maximum Gasteiger partial charge on any atom is 0.165 e. The minimum absolute atomic E-state index is 0.0173. The molecule has 0 amide bonds. The van der Waals surface area contributed by atoms with Crippen LogP contribution in [0.1, 0.15) is 37.7 Å². The van der Waals surface area contributed by atoms with Gasteiger partial charge in [-0.25, -0.2) is 13.2 Å². The number of hydrogen-bond donors (Lipinski definition) is 0. The Balaban J connectivity index is 1.76. The molecule has 0 aliphatic carbocycles. The van der Waals surface area contributed by atoms with Crippen LogP contribution in [0.15, 0.2) is 12.1 Å². The van der Waals surface area contributed by atoms with Gasteiger partial charge >= 0.3 is 0 Å². The van der Waals surface area contributed by atoms with Crippen molar-refractivity contribution in [1.29, 1.82) is 0 Å². The summed E-state index contributed by atoms with van der Waals surface area (Å²) in [6.45, 7) is 0. The van der Waals surface area contributed by atoms with Crippen molar-refractivity contribution >= 4 is 16.6 Å². The third-order valence-corrected chi connectivity index (χ3v) is 6.92. The molecule has 0 radical (unpaired) electrons. The van der Waals surface area contributed by atoms with Crippen LogP contribution in [0.5, 0.6) is 0 Å². The second kappa shape index (κ2) is 6.14. The fourth-order valence-corrected chi connectivity index (χ4v) is 5.73. The van der Waals surface area contributed by atoms with E-state index >= 15 is 0 Å². The molecule has 22 heavy (non-hydrogen) atoms. The van der Waals surface area contributed by atoms with Gasteiger partial charge in [-0.2, -0.15) is 0 Å². The molecule has 1 aromatic carbocycles. The van der Waals surface area contributed by atoms with Gasteiger partial charge in [-0.3, -0.25) is 9.00 Å². The van der Waals surface area contributed by atoms with Crippen LogP contribution in [-0.4, -0.2) is 20.5 Å². The highest BCUT2D eigenvalue weighted by atomic mass is 32.2. The monoisotopic (exact) mass is 330 g/mol. The van der Waals surface area contributed by atoms with E-state index < -0.39 is 40.2 Å². The quantitative estimate of drug-likeness (QED) is 0.797. The molecule has 1 aromatic rings. The Bertz CT molecular complexity index is 616. The fourth-order valence-electron chi connectivity index (χ4n) is 3.55. The van der Waals surface area contributed by atoms with Gasteiger partial charge in [-0.05, 0) is 37.8 Å². The van der Waals surface area contributed by atoms with Gasteiger partial charge in [0.25, 0.3) is 0 Å². The Morgan fingerprint density at radius 1 is 1.09 bits per heavy atom. The second-order valence-corrected chi connectivity index (χ2v) is 8.13. The molecule has 6 heteroatoms. The highest BCUT2D eigenvalue weighted by molar-refractivity contribution is 7.86. The van der Waals surface area contributed by atoms with Crippen molar-refractivity contribution in [3.8, 4) is 0 Å². The lowest BCUT2D eigenvalue weighted by molar-refractivity contribution is -0.123. The molecule has 2 saturated heterocycles. The van der Waals surface area contributed by atoms with E-state index in [9.17, 15) is 22.2 Å². The van der Waals surface area contributed by atoms with Gasteiger partial charge in [0.05, 0.1) is 0 Å². The smallest absolute Gasteiger partial charge is 0.165 e. The summed E-state index contributed by atoms with van der Waals surface area (Å²) in [6.07, 6.45) is 3.30. The summed E-state index contributed by atoms with van der Waals surface area (Å²) in [5.41, 5.74) is -0.498. The molecule has 0 aromatic heterocycles. The topological polar surface area (TPSA) is 34.1 Å². The lowest BCUT2D eigenvalue weighted by Gasteiger charge is -2.37. The number of hydrogen-bond acceptors (Lipinski definition) is 2. The maximum absolute atomic E-state index is 13.7. The second-order valence-electron chi connectivity index (χ2n) is 6.14. The van der Waals surface area contributed by atoms with Crippen molar-refractivity contribution in [3.63, 3.8) is 0 Å². The number of fused-ring (bicyclic) bond motifs is 2. The number of Topliss-reactive ketones (excluding diaryl/α,β-unsaturated/α-hetero) is 1. The minimum atomic E-state index is -1.28. The molecule has 2 nitrogen and oxygen atoms in total. The predicted octanol–water partition coefficient (Wildman–Crippen LogP) is 3.30. The first kappa shape index (κ1) is 15.7. The third-order valence-electron chi connectivity index (χ3n) is 4.75. The van der Waals surface area contributed by atoms with Crippen molar-refractivity contribution in [2.75, 3.05) is 0 Å². The first-order valence-electron chi connectivity index (χ1n) is 7.52. The molecule has 0 spiro atoms. The Hall–Kier alpha value is -1.17. The van der Waals surface area contributed by atoms with E-state index in [1.54, 1.807) is 0 Å². The normalized spacial score (nSPS) is 31.0. The van der Waals surface area contributed by atoms with Gasteiger partial charge in [0.15, 0.2) is 11.6 Å². The summed E-state index contributed by atoms with van der Waals surface area (Å²) in [6, 6.07) is 1.55. The van der Waals surface area contributed by atoms with Crippen LogP contribution in [0.2, 0.25) is 0 Å². The van der Waals surface area contributed by atoms with Crippen LogP contribution in [0.4, 0.5) is 13.2 Å². The van der Waals surface area contributed by atoms with Crippen molar-refractivity contribution in [2.45, 2.75) is 49.0 Å². The highest BCUT2D eigenvalue weighted by Crippen LogP contribution is 2.37. The number of carbonyl (C=O) groups is 1. The fraction of sp³-hybridized carbons (Fsp3) is 0.562. The zero-order valence-electron chi connectivity index (χ0n) is 12.0. The van der Waals surface area contributed by atoms with Gasteiger partial charge in [0.1, 0.15) is 11.6 Å². The Morgan fingerprint density at radius 2 is 1.68 bits per heavy atom. The summed E-state index contributed by atoms with van der Waals surface area (Å²) in [5, 5.41) is 0.0345. The van der Waals surface area contributed by atoms with Crippen LogP contribution < -0.4 is 0 Å². The number of ketones is 1. The summed E-state index contributed by atoms with van der Waals surface area (Å²) in [5.74, 6) is -3.93. The van der Waals surface area contributed by atoms with Crippen LogP contribution in [0.3, 0.4) is 0 Å². The van der Waals surface area contributed by atoms with Gasteiger partial charge < -0.3 is 0 Å².